The van der Waals surface area contributed by atoms with Gasteiger partial charge in [0.25, 0.3) is 0 Å². The molecule has 0 aliphatic heterocycles. The van der Waals surface area contributed by atoms with Gasteiger partial charge in [0.05, 0.1) is 19.0 Å². The van der Waals surface area contributed by atoms with E-state index in [9.17, 15) is 0 Å². The number of benzene rings is 1. The number of aryl methyl sites for hydroxylation is 1. The van der Waals surface area contributed by atoms with Crippen LogP contribution in [0.25, 0.3) is 0 Å². The fourth-order valence-electron chi connectivity index (χ4n) is 1.51. The van der Waals surface area contributed by atoms with E-state index in [-0.39, 0.29) is 0 Å². The number of hydrogen-bond donors (Lipinski definition) is 2. The van der Waals surface area contributed by atoms with Crippen LogP contribution in [0.4, 0.5) is 5.69 Å². The minimum Gasteiger partial charge on any atom is -0.497 e. The minimum atomic E-state index is 0.730. The summed E-state index contributed by atoms with van der Waals surface area (Å²) in [5.74, 6) is 0.833. The molecule has 2 N–H and O–H groups in total. The molecule has 1 aromatic heterocycles. The van der Waals surface area contributed by atoms with Gasteiger partial charge < -0.3 is 10.1 Å². The van der Waals surface area contributed by atoms with Gasteiger partial charge in [0.15, 0.2) is 0 Å². The van der Waals surface area contributed by atoms with E-state index in [0.717, 1.165) is 33.7 Å². The summed E-state index contributed by atoms with van der Waals surface area (Å²) in [6.07, 6.45) is 1.83. The zero-order valence-electron chi connectivity index (χ0n) is 9.75. The molecule has 0 unspecified atom stereocenters. The zero-order valence-corrected chi connectivity index (χ0v) is 11.3. The molecule has 0 aliphatic carbocycles. The van der Waals surface area contributed by atoms with Gasteiger partial charge in [0.2, 0.25) is 0 Å². The van der Waals surface area contributed by atoms with E-state index in [2.05, 4.69) is 31.4 Å². The average Bonchev–Trinajstić information content (AvgIpc) is 2.74. The van der Waals surface area contributed by atoms with E-state index in [0.29, 0.717) is 0 Å². The van der Waals surface area contributed by atoms with Crippen LogP contribution in [-0.4, -0.2) is 17.3 Å². The van der Waals surface area contributed by atoms with E-state index >= 15 is 0 Å². The summed E-state index contributed by atoms with van der Waals surface area (Å²) in [6, 6.07) is 5.83. The maximum Gasteiger partial charge on any atom is 0.121 e. The van der Waals surface area contributed by atoms with Crippen molar-refractivity contribution in [2.45, 2.75) is 13.5 Å². The van der Waals surface area contributed by atoms with Gasteiger partial charge in [-0.2, -0.15) is 5.10 Å². The highest BCUT2D eigenvalue weighted by Gasteiger charge is 2.04. The first-order valence-corrected chi connectivity index (χ1v) is 6.06. The second kappa shape index (κ2) is 5.23. The third kappa shape index (κ3) is 2.79. The Morgan fingerprint density at radius 3 is 2.94 bits per heavy atom. The highest BCUT2D eigenvalue weighted by molar-refractivity contribution is 9.10. The molecule has 0 bridgehead atoms. The Morgan fingerprint density at radius 1 is 1.47 bits per heavy atom. The maximum absolute atomic E-state index is 5.19. The van der Waals surface area contributed by atoms with Gasteiger partial charge in [0, 0.05) is 28.3 Å². The predicted molar refractivity (Wildman–Crippen MR) is 71.3 cm³/mol. The SMILES string of the molecule is COc1ccc(Br)c(NCc2cn[nH]c2C)c1. The Labute approximate surface area is 109 Å². The summed E-state index contributed by atoms with van der Waals surface area (Å²) < 4.78 is 6.20. The second-order valence-corrected chi connectivity index (χ2v) is 4.57. The summed E-state index contributed by atoms with van der Waals surface area (Å²) in [5.41, 5.74) is 3.24. The predicted octanol–water partition coefficient (Wildman–Crippen LogP) is 3.10. The largest absolute Gasteiger partial charge is 0.497 e. The molecule has 1 aromatic carbocycles. The number of ether oxygens (including phenoxy) is 1. The molecule has 0 atom stereocenters. The Morgan fingerprint density at radius 2 is 2.29 bits per heavy atom. The van der Waals surface area contributed by atoms with Crippen LogP contribution in [0.15, 0.2) is 28.9 Å². The molecule has 0 spiro atoms. The number of rotatable bonds is 4. The summed E-state index contributed by atoms with van der Waals surface area (Å²) in [6.45, 7) is 2.73. The van der Waals surface area contributed by atoms with Crippen molar-refractivity contribution in [3.63, 3.8) is 0 Å². The Balaban J connectivity index is 2.11. The Kier molecular flexibility index (Phi) is 3.68. The number of hydrogen-bond acceptors (Lipinski definition) is 3. The summed E-state index contributed by atoms with van der Waals surface area (Å²) in [7, 11) is 1.66. The van der Waals surface area contributed by atoms with Gasteiger partial charge in [0.1, 0.15) is 5.75 Å². The zero-order chi connectivity index (χ0) is 12.3. The van der Waals surface area contributed by atoms with E-state index < -0.39 is 0 Å². The first-order valence-electron chi connectivity index (χ1n) is 5.27. The number of aromatic nitrogens is 2. The van der Waals surface area contributed by atoms with Gasteiger partial charge in [-0.25, -0.2) is 0 Å². The molecule has 2 aromatic rings. The number of nitrogens with zero attached hydrogens (tertiary/aromatic N) is 1. The summed E-state index contributed by atoms with van der Waals surface area (Å²) in [5, 5.41) is 10.2. The van der Waals surface area contributed by atoms with Crippen molar-refractivity contribution in [3.8, 4) is 5.75 Å². The molecule has 0 radical (unpaired) electrons. The fourth-order valence-corrected chi connectivity index (χ4v) is 1.90. The van der Waals surface area contributed by atoms with Crippen molar-refractivity contribution in [3.05, 3.63) is 40.1 Å². The van der Waals surface area contributed by atoms with Crippen LogP contribution in [0, 0.1) is 6.92 Å². The number of aromatic amines is 1. The van der Waals surface area contributed by atoms with Crippen LogP contribution in [0.5, 0.6) is 5.75 Å². The lowest BCUT2D eigenvalue weighted by atomic mass is 10.2. The molecule has 5 heteroatoms. The third-order valence-corrected chi connectivity index (χ3v) is 3.27. The van der Waals surface area contributed by atoms with Crippen LogP contribution < -0.4 is 10.1 Å². The molecule has 17 heavy (non-hydrogen) atoms. The van der Waals surface area contributed by atoms with Crippen LogP contribution in [0.3, 0.4) is 0 Å². The molecule has 90 valence electrons. The summed E-state index contributed by atoms with van der Waals surface area (Å²) in [4.78, 5) is 0. The molecule has 4 nitrogen and oxygen atoms in total. The number of anilines is 1. The molecule has 0 fully saturated rings. The highest BCUT2D eigenvalue weighted by Crippen LogP contribution is 2.27. The normalized spacial score (nSPS) is 10.3. The lowest BCUT2D eigenvalue weighted by Gasteiger charge is -2.09. The van der Waals surface area contributed by atoms with E-state index in [4.69, 9.17) is 4.74 Å². The number of H-pyrrole nitrogens is 1. The molecule has 2 rings (SSSR count). The smallest absolute Gasteiger partial charge is 0.121 e. The molecular formula is C12H14BrN3O. The minimum absolute atomic E-state index is 0.730. The van der Waals surface area contributed by atoms with Crippen LogP contribution in [0.2, 0.25) is 0 Å². The monoisotopic (exact) mass is 295 g/mol. The van der Waals surface area contributed by atoms with Crippen molar-refractivity contribution < 1.29 is 4.74 Å². The fraction of sp³-hybridized carbons (Fsp3) is 0.250. The van der Waals surface area contributed by atoms with Crippen LogP contribution in [-0.2, 0) is 6.54 Å². The summed E-state index contributed by atoms with van der Waals surface area (Å²) >= 11 is 3.50. The van der Waals surface area contributed by atoms with Crippen LogP contribution >= 0.6 is 15.9 Å². The maximum atomic E-state index is 5.19. The average molecular weight is 296 g/mol. The van der Waals surface area contributed by atoms with E-state index in [1.54, 1.807) is 7.11 Å². The van der Waals surface area contributed by atoms with Gasteiger partial charge in [-0.15, -0.1) is 0 Å². The quantitative estimate of drug-likeness (QED) is 0.911. The topological polar surface area (TPSA) is 49.9 Å². The van der Waals surface area contributed by atoms with Crippen molar-refractivity contribution in [1.29, 1.82) is 0 Å². The van der Waals surface area contributed by atoms with Crippen molar-refractivity contribution in [1.82, 2.24) is 10.2 Å². The van der Waals surface area contributed by atoms with E-state index in [1.165, 1.54) is 0 Å². The van der Waals surface area contributed by atoms with Crippen molar-refractivity contribution >= 4 is 21.6 Å². The second-order valence-electron chi connectivity index (χ2n) is 3.72. The third-order valence-electron chi connectivity index (χ3n) is 2.58. The molecular weight excluding hydrogens is 282 g/mol. The lowest BCUT2D eigenvalue weighted by molar-refractivity contribution is 0.415. The van der Waals surface area contributed by atoms with Crippen LogP contribution in [0.1, 0.15) is 11.3 Å². The number of methoxy groups -OCH3 is 1. The van der Waals surface area contributed by atoms with Crippen molar-refractivity contribution in [2.24, 2.45) is 0 Å². The molecule has 0 aliphatic rings. The highest BCUT2D eigenvalue weighted by atomic mass is 79.9. The first kappa shape index (κ1) is 12.0. The molecule has 1 heterocycles. The van der Waals surface area contributed by atoms with Gasteiger partial charge in [-0.1, -0.05) is 0 Å². The molecule has 0 saturated heterocycles. The standard InChI is InChI=1S/C12H14BrN3O/c1-8-9(7-15-16-8)6-14-12-5-10(17-2)3-4-11(12)13/h3-5,7,14H,6H2,1-2H3,(H,15,16). The first-order chi connectivity index (χ1) is 8.20. The van der Waals surface area contributed by atoms with E-state index in [1.807, 2.05) is 31.3 Å². The molecule has 0 saturated carbocycles. The number of nitrogens with one attached hydrogen (secondary N) is 2. The van der Waals surface area contributed by atoms with Crippen molar-refractivity contribution in [2.75, 3.05) is 12.4 Å². The van der Waals surface area contributed by atoms with Gasteiger partial charge in [-0.05, 0) is 35.0 Å². The van der Waals surface area contributed by atoms with Gasteiger partial charge >= 0.3 is 0 Å². The number of halogens is 1. The van der Waals surface area contributed by atoms with Gasteiger partial charge in [-0.3, -0.25) is 5.10 Å². The molecule has 0 amide bonds. The Bertz CT molecular complexity index is 510. The Hall–Kier alpha value is -1.49. The lowest BCUT2D eigenvalue weighted by Crippen LogP contribution is -2.00.